The van der Waals surface area contributed by atoms with Gasteiger partial charge in [0, 0.05) is 19.1 Å². The van der Waals surface area contributed by atoms with E-state index in [0.717, 1.165) is 39.1 Å². The van der Waals surface area contributed by atoms with Crippen molar-refractivity contribution in [1.29, 1.82) is 0 Å². The molecule has 2 heterocycles. The maximum atomic E-state index is 11.5. The molecule has 0 radical (unpaired) electrons. The number of halogens is 1. The van der Waals surface area contributed by atoms with E-state index >= 15 is 0 Å². The second kappa shape index (κ2) is 5.47. The minimum absolute atomic E-state index is 0.216. The van der Waals surface area contributed by atoms with Gasteiger partial charge in [-0.1, -0.05) is 15.9 Å². The third-order valence-electron chi connectivity index (χ3n) is 3.70. The molecule has 4 nitrogen and oxygen atoms in total. The van der Waals surface area contributed by atoms with Crippen molar-refractivity contribution in [3.05, 3.63) is 0 Å². The molecule has 1 amide bonds. The summed E-state index contributed by atoms with van der Waals surface area (Å²) in [6, 6.07) is 1.22. The number of likely N-dealkylation sites (N-methyl/N-ethyl adjacent to an activating group) is 1. The van der Waals surface area contributed by atoms with E-state index in [9.17, 15) is 4.79 Å². The average molecular weight is 291 g/mol. The summed E-state index contributed by atoms with van der Waals surface area (Å²) in [5.74, 6) is 0.216. The van der Waals surface area contributed by atoms with E-state index < -0.39 is 0 Å². The largest absolute Gasteiger partial charge is 0.378 e. The second-order valence-electron chi connectivity index (χ2n) is 4.60. The molecule has 0 aliphatic carbocycles. The zero-order valence-corrected chi connectivity index (χ0v) is 11.3. The first-order chi connectivity index (χ1) is 7.72. The van der Waals surface area contributed by atoms with Gasteiger partial charge in [-0.05, 0) is 19.9 Å². The number of amides is 1. The van der Waals surface area contributed by atoms with Crippen LogP contribution in [-0.4, -0.2) is 66.5 Å². The minimum Gasteiger partial charge on any atom is -0.378 e. The van der Waals surface area contributed by atoms with Crippen molar-refractivity contribution in [2.24, 2.45) is 0 Å². The molecule has 0 atom stereocenters. The number of carbonyl (C=O) groups is 1. The van der Waals surface area contributed by atoms with E-state index in [0.29, 0.717) is 17.4 Å². The highest BCUT2D eigenvalue weighted by molar-refractivity contribution is 9.09. The highest BCUT2D eigenvalue weighted by atomic mass is 79.9. The molecule has 0 aromatic rings. The van der Waals surface area contributed by atoms with Crippen LogP contribution in [-0.2, 0) is 9.53 Å². The summed E-state index contributed by atoms with van der Waals surface area (Å²) in [6.07, 6.45) is 2.18. The molecule has 0 saturated carbocycles. The van der Waals surface area contributed by atoms with Crippen LogP contribution in [0.25, 0.3) is 0 Å². The Hall–Kier alpha value is -0.130. The van der Waals surface area contributed by atoms with Gasteiger partial charge in [0.2, 0.25) is 5.91 Å². The van der Waals surface area contributed by atoms with Crippen LogP contribution in [0, 0.1) is 0 Å². The van der Waals surface area contributed by atoms with Crippen LogP contribution < -0.4 is 0 Å². The average Bonchev–Trinajstić information content (AvgIpc) is 2.26. The molecular weight excluding hydrogens is 272 g/mol. The molecule has 2 aliphatic rings. The van der Waals surface area contributed by atoms with Crippen molar-refractivity contribution in [1.82, 2.24) is 9.80 Å². The van der Waals surface area contributed by atoms with Crippen LogP contribution in [0.4, 0.5) is 0 Å². The maximum absolute atomic E-state index is 11.5. The van der Waals surface area contributed by atoms with Crippen LogP contribution >= 0.6 is 15.9 Å². The van der Waals surface area contributed by atoms with Crippen molar-refractivity contribution >= 4 is 21.8 Å². The summed E-state index contributed by atoms with van der Waals surface area (Å²) in [6.45, 7) is 3.54. The Morgan fingerprint density at radius 3 is 2.44 bits per heavy atom. The zero-order chi connectivity index (χ0) is 11.5. The Balaban J connectivity index is 1.78. The smallest absolute Gasteiger partial charge is 0.233 e. The van der Waals surface area contributed by atoms with Crippen LogP contribution in [0.2, 0.25) is 0 Å². The van der Waals surface area contributed by atoms with Gasteiger partial charge in [0.25, 0.3) is 0 Å². The predicted octanol–water partition coefficient (Wildman–Crippen LogP) is 0.703. The number of likely N-dealkylation sites (tertiary alicyclic amines) is 1. The van der Waals surface area contributed by atoms with Crippen LogP contribution in [0.3, 0.4) is 0 Å². The molecule has 2 saturated heterocycles. The lowest BCUT2D eigenvalue weighted by molar-refractivity contribution is -0.130. The number of hydrogen-bond acceptors (Lipinski definition) is 3. The summed E-state index contributed by atoms with van der Waals surface area (Å²) < 4.78 is 5.21. The molecule has 2 fully saturated rings. The Morgan fingerprint density at radius 2 is 2.00 bits per heavy atom. The van der Waals surface area contributed by atoms with Crippen LogP contribution in [0.5, 0.6) is 0 Å². The summed E-state index contributed by atoms with van der Waals surface area (Å²) in [5.41, 5.74) is 0. The van der Waals surface area contributed by atoms with Gasteiger partial charge in [-0.15, -0.1) is 0 Å². The van der Waals surface area contributed by atoms with Crippen LogP contribution in [0.1, 0.15) is 12.8 Å². The first-order valence-electron chi connectivity index (χ1n) is 5.85. The van der Waals surface area contributed by atoms with Crippen molar-refractivity contribution in [2.75, 3.05) is 38.7 Å². The standard InChI is InChI=1S/C11H19BrN2O2/c1-13(10-7-16-8-10)9-2-4-14(5-3-9)11(15)6-12/h9-10H,2-8H2,1H3. The third kappa shape index (κ3) is 2.57. The molecular formula is C11H19BrN2O2. The van der Waals surface area contributed by atoms with Crippen molar-refractivity contribution in [3.63, 3.8) is 0 Å². The van der Waals surface area contributed by atoms with E-state index in [1.54, 1.807) is 0 Å². The summed E-state index contributed by atoms with van der Waals surface area (Å²) in [5, 5.41) is 0.448. The molecule has 0 unspecified atom stereocenters. The number of hydrogen-bond donors (Lipinski definition) is 0. The minimum atomic E-state index is 0.216. The molecule has 16 heavy (non-hydrogen) atoms. The Kier molecular flexibility index (Phi) is 4.21. The molecule has 0 bridgehead atoms. The van der Waals surface area contributed by atoms with Gasteiger partial charge in [-0.3, -0.25) is 9.69 Å². The molecule has 2 aliphatic heterocycles. The van der Waals surface area contributed by atoms with E-state index in [1.807, 2.05) is 4.90 Å². The number of piperidine rings is 1. The van der Waals surface area contributed by atoms with Crippen LogP contribution in [0.15, 0.2) is 0 Å². The number of rotatable bonds is 3. The quantitative estimate of drug-likeness (QED) is 0.718. The highest BCUT2D eigenvalue weighted by Crippen LogP contribution is 2.20. The maximum Gasteiger partial charge on any atom is 0.233 e. The first kappa shape index (κ1) is 12.3. The Labute approximate surface area is 105 Å². The zero-order valence-electron chi connectivity index (χ0n) is 9.69. The second-order valence-corrected chi connectivity index (χ2v) is 5.16. The van der Waals surface area contributed by atoms with Gasteiger partial charge in [0.05, 0.1) is 24.6 Å². The van der Waals surface area contributed by atoms with E-state index in [2.05, 4.69) is 27.9 Å². The van der Waals surface area contributed by atoms with Gasteiger partial charge in [0.1, 0.15) is 0 Å². The van der Waals surface area contributed by atoms with Gasteiger partial charge in [-0.2, -0.15) is 0 Å². The lowest BCUT2D eigenvalue weighted by atomic mass is 10.0. The van der Waals surface area contributed by atoms with Crippen molar-refractivity contribution in [3.8, 4) is 0 Å². The topological polar surface area (TPSA) is 32.8 Å². The van der Waals surface area contributed by atoms with Gasteiger partial charge < -0.3 is 9.64 Å². The van der Waals surface area contributed by atoms with Crippen molar-refractivity contribution in [2.45, 2.75) is 24.9 Å². The summed E-state index contributed by atoms with van der Waals surface area (Å²) >= 11 is 3.22. The molecule has 92 valence electrons. The van der Waals surface area contributed by atoms with E-state index in [-0.39, 0.29) is 5.91 Å². The Bertz CT molecular complexity index is 250. The van der Waals surface area contributed by atoms with Gasteiger partial charge in [-0.25, -0.2) is 0 Å². The Morgan fingerprint density at radius 1 is 1.38 bits per heavy atom. The number of alkyl halides is 1. The number of carbonyl (C=O) groups excluding carboxylic acids is 1. The summed E-state index contributed by atoms with van der Waals surface area (Å²) in [7, 11) is 2.18. The molecule has 0 aromatic heterocycles. The first-order valence-corrected chi connectivity index (χ1v) is 6.98. The number of ether oxygens (including phenoxy) is 1. The van der Waals surface area contributed by atoms with Gasteiger partial charge >= 0.3 is 0 Å². The number of nitrogens with zero attached hydrogens (tertiary/aromatic N) is 2. The fourth-order valence-corrected chi connectivity index (χ4v) is 2.72. The SMILES string of the molecule is CN(C1CCN(C(=O)CBr)CC1)C1COC1. The van der Waals surface area contributed by atoms with Gasteiger partial charge in [0.15, 0.2) is 0 Å². The van der Waals surface area contributed by atoms with Crippen molar-refractivity contribution < 1.29 is 9.53 Å². The summed E-state index contributed by atoms with van der Waals surface area (Å²) in [4.78, 5) is 15.9. The molecule has 2 rings (SSSR count). The molecule has 0 N–H and O–H groups in total. The normalized spacial score (nSPS) is 23.6. The monoisotopic (exact) mass is 290 g/mol. The molecule has 0 aromatic carbocycles. The fraction of sp³-hybridized carbons (Fsp3) is 0.909. The molecule has 0 spiro atoms. The van der Waals surface area contributed by atoms with E-state index in [1.165, 1.54) is 0 Å². The predicted molar refractivity (Wildman–Crippen MR) is 65.8 cm³/mol. The third-order valence-corrected chi connectivity index (χ3v) is 4.18. The van der Waals surface area contributed by atoms with E-state index in [4.69, 9.17) is 4.74 Å². The molecule has 5 heteroatoms. The lowest BCUT2D eigenvalue weighted by Crippen LogP contribution is -2.54. The highest BCUT2D eigenvalue weighted by Gasteiger charge is 2.31. The lowest BCUT2D eigenvalue weighted by Gasteiger charge is -2.43. The fourth-order valence-electron chi connectivity index (χ4n) is 2.36.